The summed E-state index contributed by atoms with van der Waals surface area (Å²) >= 11 is 1.51. The van der Waals surface area contributed by atoms with Gasteiger partial charge in [0.2, 0.25) is 0 Å². The van der Waals surface area contributed by atoms with Gasteiger partial charge in [-0.15, -0.1) is 16.9 Å². The van der Waals surface area contributed by atoms with Gasteiger partial charge in [-0.2, -0.15) is 0 Å². The summed E-state index contributed by atoms with van der Waals surface area (Å²) in [6, 6.07) is 11.4. The maximum absolute atomic E-state index is 12.8. The molecule has 24 heavy (non-hydrogen) atoms. The quantitative estimate of drug-likeness (QED) is 0.388. The first-order valence-electron chi connectivity index (χ1n) is 7.56. The Labute approximate surface area is 142 Å². The van der Waals surface area contributed by atoms with Gasteiger partial charge >= 0.3 is 5.97 Å². The fourth-order valence-corrected chi connectivity index (χ4v) is 2.97. The number of thioether (sulfide) groups is 1. The summed E-state index contributed by atoms with van der Waals surface area (Å²) < 4.78 is 19.8. The van der Waals surface area contributed by atoms with E-state index in [0.717, 1.165) is 17.0 Å². The zero-order valence-electron chi connectivity index (χ0n) is 13.1. The second kappa shape index (κ2) is 7.44. The van der Waals surface area contributed by atoms with Gasteiger partial charge in [-0.1, -0.05) is 5.21 Å². The molecule has 3 rings (SSSR count). The number of hydrogen-bond donors (Lipinski definition) is 0. The maximum atomic E-state index is 12.8. The van der Waals surface area contributed by atoms with Crippen molar-refractivity contribution in [2.75, 3.05) is 12.4 Å². The minimum absolute atomic E-state index is 0.263. The highest BCUT2D eigenvalue weighted by molar-refractivity contribution is 7.99. The Morgan fingerprint density at radius 2 is 2.04 bits per heavy atom. The molecule has 5 nitrogen and oxygen atoms in total. The van der Waals surface area contributed by atoms with E-state index in [1.165, 1.54) is 23.9 Å². The van der Waals surface area contributed by atoms with Crippen molar-refractivity contribution in [3.8, 4) is 0 Å². The number of hydrogen-bond acceptors (Lipinski definition) is 5. The van der Waals surface area contributed by atoms with E-state index in [0.29, 0.717) is 16.8 Å². The number of carbonyl (C=O) groups is 1. The number of esters is 1. The molecule has 0 atom stereocenters. The van der Waals surface area contributed by atoms with Crippen LogP contribution in [0.5, 0.6) is 0 Å². The number of aromatic nitrogens is 3. The molecule has 0 amide bonds. The van der Waals surface area contributed by atoms with E-state index in [4.69, 9.17) is 4.74 Å². The van der Waals surface area contributed by atoms with E-state index in [2.05, 4.69) is 10.3 Å². The first kappa shape index (κ1) is 16.4. The summed E-state index contributed by atoms with van der Waals surface area (Å²) in [5.74, 6) is -0.0464. The van der Waals surface area contributed by atoms with E-state index in [-0.39, 0.29) is 18.4 Å². The van der Waals surface area contributed by atoms with Gasteiger partial charge in [0.15, 0.2) is 0 Å². The van der Waals surface area contributed by atoms with E-state index in [1.807, 2.05) is 13.0 Å². The zero-order valence-corrected chi connectivity index (χ0v) is 13.9. The third kappa shape index (κ3) is 3.73. The van der Waals surface area contributed by atoms with Crippen molar-refractivity contribution in [2.24, 2.45) is 0 Å². The maximum Gasteiger partial charge on any atom is 0.338 e. The number of carbonyl (C=O) groups excluding carboxylic acids is 1. The molecule has 0 radical (unpaired) electrons. The molecule has 2 aromatic carbocycles. The largest absolute Gasteiger partial charge is 0.461 e. The van der Waals surface area contributed by atoms with Gasteiger partial charge < -0.3 is 4.74 Å². The Morgan fingerprint density at radius 3 is 2.79 bits per heavy atom. The molecule has 0 bridgehead atoms. The molecular formula is C17H16FN3O2S. The van der Waals surface area contributed by atoms with Gasteiger partial charge in [0, 0.05) is 17.2 Å². The number of ether oxygens (including phenoxy) is 1. The fourth-order valence-electron chi connectivity index (χ4n) is 2.24. The van der Waals surface area contributed by atoms with Gasteiger partial charge in [0.1, 0.15) is 17.9 Å². The average molecular weight is 345 g/mol. The highest BCUT2D eigenvalue weighted by atomic mass is 32.2. The normalized spacial score (nSPS) is 10.9. The van der Waals surface area contributed by atoms with Crippen LogP contribution < -0.4 is 0 Å². The zero-order chi connectivity index (χ0) is 16.9. The third-order valence-electron chi connectivity index (χ3n) is 3.45. The number of halogens is 1. The predicted molar refractivity (Wildman–Crippen MR) is 90.6 cm³/mol. The van der Waals surface area contributed by atoms with Crippen LogP contribution in [0.25, 0.3) is 11.0 Å². The Morgan fingerprint density at radius 1 is 1.25 bits per heavy atom. The SMILES string of the molecule is CCn1nnc2cc(C(=O)OCCSc3ccc(F)cc3)ccc21. The second-order valence-corrected chi connectivity index (χ2v) is 6.22. The standard InChI is InChI=1S/C17H16FN3O2S/c1-2-21-16-8-3-12(11-15(16)19-20-21)17(22)23-9-10-24-14-6-4-13(18)5-7-14/h3-8,11H,2,9-10H2,1H3. The van der Waals surface area contributed by atoms with Crippen LogP contribution in [0.15, 0.2) is 47.4 Å². The van der Waals surface area contributed by atoms with E-state index >= 15 is 0 Å². The molecule has 1 heterocycles. The highest BCUT2D eigenvalue weighted by Gasteiger charge is 2.11. The van der Waals surface area contributed by atoms with Crippen LogP contribution in [0.2, 0.25) is 0 Å². The molecule has 0 aliphatic rings. The molecule has 0 N–H and O–H groups in total. The topological polar surface area (TPSA) is 57.0 Å². The van der Waals surface area contributed by atoms with Crippen molar-refractivity contribution in [1.29, 1.82) is 0 Å². The van der Waals surface area contributed by atoms with Crippen molar-refractivity contribution in [3.05, 3.63) is 53.8 Å². The van der Waals surface area contributed by atoms with Crippen LogP contribution >= 0.6 is 11.8 Å². The molecule has 0 aliphatic carbocycles. The number of aryl methyl sites for hydroxylation is 1. The summed E-state index contributed by atoms with van der Waals surface area (Å²) in [4.78, 5) is 13.0. The average Bonchev–Trinajstić information content (AvgIpc) is 3.02. The Kier molecular flexibility index (Phi) is 5.10. The summed E-state index contributed by atoms with van der Waals surface area (Å²) in [7, 11) is 0. The molecule has 0 saturated heterocycles. The van der Waals surface area contributed by atoms with E-state index in [1.54, 1.807) is 28.9 Å². The Bertz CT molecular complexity index is 849. The van der Waals surface area contributed by atoms with Gasteiger partial charge in [0.05, 0.1) is 11.1 Å². The van der Waals surface area contributed by atoms with E-state index < -0.39 is 0 Å². The van der Waals surface area contributed by atoms with Crippen LogP contribution in [0.1, 0.15) is 17.3 Å². The molecule has 0 saturated carbocycles. The minimum Gasteiger partial charge on any atom is -0.461 e. The summed E-state index contributed by atoms with van der Waals surface area (Å²) in [5, 5.41) is 8.06. The molecule has 0 spiro atoms. The van der Waals surface area contributed by atoms with Crippen molar-refractivity contribution >= 4 is 28.8 Å². The summed E-state index contributed by atoms with van der Waals surface area (Å²) in [5.41, 5.74) is 2.02. The van der Waals surface area contributed by atoms with Crippen LogP contribution in [0.3, 0.4) is 0 Å². The number of nitrogens with zero attached hydrogens (tertiary/aromatic N) is 3. The molecule has 0 aliphatic heterocycles. The van der Waals surface area contributed by atoms with E-state index in [9.17, 15) is 9.18 Å². The van der Waals surface area contributed by atoms with Crippen LogP contribution in [-0.4, -0.2) is 33.3 Å². The highest BCUT2D eigenvalue weighted by Crippen LogP contribution is 2.18. The third-order valence-corrected chi connectivity index (χ3v) is 4.42. The number of fused-ring (bicyclic) bond motifs is 1. The van der Waals surface area contributed by atoms with Crippen LogP contribution in [0.4, 0.5) is 4.39 Å². The molecule has 124 valence electrons. The van der Waals surface area contributed by atoms with Crippen molar-refractivity contribution < 1.29 is 13.9 Å². The molecule has 3 aromatic rings. The Balaban J connectivity index is 1.54. The lowest BCUT2D eigenvalue weighted by molar-refractivity contribution is 0.0530. The monoisotopic (exact) mass is 345 g/mol. The molecule has 1 aromatic heterocycles. The molecule has 0 fully saturated rings. The van der Waals surface area contributed by atoms with Gasteiger partial charge in [-0.3, -0.25) is 0 Å². The van der Waals surface area contributed by atoms with Crippen molar-refractivity contribution in [2.45, 2.75) is 18.4 Å². The van der Waals surface area contributed by atoms with Gasteiger partial charge in [-0.05, 0) is 49.4 Å². The first-order valence-corrected chi connectivity index (χ1v) is 8.54. The predicted octanol–water partition coefficient (Wildman–Crippen LogP) is 3.54. The first-order chi connectivity index (χ1) is 11.7. The molecule has 0 unspecified atom stereocenters. The lowest BCUT2D eigenvalue weighted by atomic mass is 10.2. The van der Waals surface area contributed by atoms with Crippen LogP contribution in [0, 0.1) is 5.82 Å². The van der Waals surface area contributed by atoms with Crippen LogP contribution in [-0.2, 0) is 11.3 Å². The number of rotatable bonds is 6. The summed E-state index contributed by atoms with van der Waals surface area (Å²) in [6.07, 6.45) is 0. The number of benzene rings is 2. The Hall–Kier alpha value is -2.41. The molecular weight excluding hydrogens is 329 g/mol. The lowest BCUT2D eigenvalue weighted by Gasteiger charge is -2.05. The van der Waals surface area contributed by atoms with Gasteiger partial charge in [-0.25, -0.2) is 13.9 Å². The van der Waals surface area contributed by atoms with Crippen molar-refractivity contribution in [1.82, 2.24) is 15.0 Å². The molecule has 7 heteroatoms. The van der Waals surface area contributed by atoms with Gasteiger partial charge in [0.25, 0.3) is 0 Å². The second-order valence-electron chi connectivity index (χ2n) is 5.05. The summed E-state index contributed by atoms with van der Waals surface area (Å²) in [6.45, 7) is 2.98. The fraction of sp³-hybridized carbons (Fsp3) is 0.235. The van der Waals surface area contributed by atoms with Crippen molar-refractivity contribution in [3.63, 3.8) is 0 Å². The lowest BCUT2D eigenvalue weighted by Crippen LogP contribution is -2.08. The smallest absolute Gasteiger partial charge is 0.338 e. The minimum atomic E-state index is -0.386.